The quantitative estimate of drug-likeness (QED) is 0.675. The van der Waals surface area contributed by atoms with Crippen LogP contribution in [0.5, 0.6) is 0 Å². The molecule has 1 N–H and O–H groups in total. The van der Waals surface area contributed by atoms with Crippen molar-refractivity contribution in [1.29, 1.82) is 0 Å². The molecule has 4 heteroatoms. The third-order valence-electron chi connectivity index (χ3n) is 3.12. The highest BCUT2D eigenvalue weighted by atomic mass is 19.1. The Morgan fingerprint density at radius 1 is 1.50 bits per heavy atom. The van der Waals surface area contributed by atoms with Crippen LogP contribution >= 0.6 is 0 Å². The van der Waals surface area contributed by atoms with E-state index in [0.29, 0.717) is 12.6 Å². The Morgan fingerprint density at radius 2 is 2.21 bits per heavy atom. The lowest BCUT2D eigenvalue weighted by molar-refractivity contribution is -0.148. The number of piperidine rings is 2. The van der Waals surface area contributed by atoms with E-state index >= 15 is 0 Å². The van der Waals surface area contributed by atoms with E-state index < -0.39 is 5.67 Å². The van der Waals surface area contributed by atoms with Crippen LogP contribution in [-0.4, -0.2) is 41.6 Å². The number of hydrogen-bond donors (Lipinski definition) is 1. The number of amides is 1. The summed E-state index contributed by atoms with van der Waals surface area (Å²) in [4.78, 5) is 13.4. The maximum Gasteiger partial charge on any atom is 0.260 e. The molecule has 3 fully saturated rings. The first-order valence-electron chi connectivity index (χ1n) is 5.22. The van der Waals surface area contributed by atoms with E-state index in [1.54, 1.807) is 4.90 Å². The smallest absolute Gasteiger partial charge is 0.260 e. The van der Waals surface area contributed by atoms with Gasteiger partial charge in [0.15, 0.2) is 5.67 Å². The van der Waals surface area contributed by atoms with Crippen LogP contribution in [0.15, 0.2) is 0 Å². The van der Waals surface area contributed by atoms with Crippen molar-refractivity contribution in [1.82, 2.24) is 10.2 Å². The Morgan fingerprint density at radius 3 is 2.57 bits per heavy atom. The first-order chi connectivity index (χ1) is 6.48. The van der Waals surface area contributed by atoms with Gasteiger partial charge >= 0.3 is 0 Å². The van der Waals surface area contributed by atoms with Gasteiger partial charge in [0.2, 0.25) is 0 Å². The fourth-order valence-electron chi connectivity index (χ4n) is 2.30. The monoisotopic (exact) mass is 200 g/mol. The van der Waals surface area contributed by atoms with Crippen LogP contribution in [0.3, 0.4) is 0 Å². The van der Waals surface area contributed by atoms with Gasteiger partial charge in [-0.2, -0.15) is 0 Å². The highest BCUT2D eigenvalue weighted by Gasteiger charge is 2.41. The molecule has 3 heterocycles. The topological polar surface area (TPSA) is 32.3 Å². The van der Waals surface area contributed by atoms with Gasteiger partial charge in [-0.15, -0.1) is 0 Å². The molecule has 0 radical (unpaired) electrons. The molecule has 2 unspecified atom stereocenters. The van der Waals surface area contributed by atoms with Crippen molar-refractivity contribution in [2.24, 2.45) is 0 Å². The van der Waals surface area contributed by atoms with Gasteiger partial charge in [0.1, 0.15) is 0 Å². The molecule has 3 rings (SSSR count). The van der Waals surface area contributed by atoms with E-state index in [1.165, 1.54) is 13.8 Å². The zero-order valence-electron chi connectivity index (χ0n) is 8.72. The molecule has 0 spiro atoms. The molecule has 0 aromatic heterocycles. The Bertz CT molecular complexity index is 241. The van der Waals surface area contributed by atoms with Crippen LogP contribution in [0, 0.1) is 0 Å². The number of nitrogens with zero attached hydrogens (tertiary/aromatic N) is 1. The van der Waals surface area contributed by atoms with E-state index in [2.05, 4.69) is 5.32 Å². The molecule has 3 aliphatic heterocycles. The second-order valence-corrected chi connectivity index (χ2v) is 4.77. The number of hydrogen-bond acceptors (Lipinski definition) is 2. The van der Waals surface area contributed by atoms with Crippen LogP contribution < -0.4 is 5.32 Å². The number of alkyl halides is 1. The lowest BCUT2D eigenvalue weighted by Crippen LogP contribution is -2.64. The Labute approximate surface area is 83.6 Å². The number of fused-ring (bicyclic) bond motifs is 3. The summed E-state index contributed by atoms with van der Waals surface area (Å²) < 4.78 is 13.5. The molecule has 2 atom stereocenters. The Hall–Kier alpha value is -0.640. The summed E-state index contributed by atoms with van der Waals surface area (Å²) >= 11 is 0. The van der Waals surface area contributed by atoms with Crippen molar-refractivity contribution in [2.75, 3.05) is 13.1 Å². The van der Waals surface area contributed by atoms with Crippen molar-refractivity contribution in [3.63, 3.8) is 0 Å². The third kappa shape index (κ3) is 1.63. The minimum absolute atomic E-state index is 0.211. The lowest BCUT2D eigenvalue weighted by Gasteiger charge is -2.47. The standard InChI is InChI=1S/C10H17FN2O/c1-10(2,11)9(14)13-6-7-3-4-8(13)5-12-7/h7-8,12H,3-6H2,1-2H3. The van der Waals surface area contributed by atoms with Gasteiger partial charge in [-0.05, 0) is 26.7 Å². The minimum Gasteiger partial charge on any atom is -0.334 e. The van der Waals surface area contributed by atoms with Gasteiger partial charge in [-0.3, -0.25) is 4.79 Å². The van der Waals surface area contributed by atoms with E-state index in [0.717, 1.165) is 19.4 Å². The largest absolute Gasteiger partial charge is 0.334 e. The highest BCUT2D eigenvalue weighted by Crippen LogP contribution is 2.25. The molecule has 2 bridgehead atoms. The normalized spacial score (nSPS) is 32.1. The third-order valence-corrected chi connectivity index (χ3v) is 3.12. The van der Waals surface area contributed by atoms with Crippen LogP contribution in [0.25, 0.3) is 0 Å². The number of rotatable bonds is 1. The molecular formula is C10H17FN2O. The van der Waals surface area contributed by atoms with Crippen molar-refractivity contribution >= 4 is 5.91 Å². The van der Waals surface area contributed by atoms with Gasteiger partial charge in [0.05, 0.1) is 0 Å². The van der Waals surface area contributed by atoms with Crippen LogP contribution in [0.4, 0.5) is 4.39 Å². The van der Waals surface area contributed by atoms with Crippen LogP contribution in [-0.2, 0) is 4.79 Å². The molecular weight excluding hydrogens is 183 g/mol. The fourth-order valence-corrected chi connectivity index (χ4v) is 2.30. The minimum atomic E-state index is -1.72. The summed E-state index contributed by atoms with van der Waals surface area (Å²) in [5, 5.41) is 3.34. The number of nitrogens with one attached hydrogen (secondary N) is 1. The molecule has 0 aromatic rings. The summed E-state index contributed by atoms with van der Waals surface area (Å²) in [6, 6.07) is 0.592. The summed E-state index contributed by atoms with van der Waals surface area (Å²) in [7, 11) is 0. The van der Waals surface area contributed by atoms with Crippen molar-refractivity contribution in [3.8, 4) is 0 Å². The summed E-state index contributed by atoms with van der Waals surface area (Å²) in [6.07, 6.45) is 2.13. The molecule has 0 aromatic carbocycles. The van der Waals surface area contributed by atoms with Crippen molar-refractivity contribution in [3.05, 3.63) is 0 Å². The first-order valence-corrected chi connectivity index (χ1v) is 5.22. The van der Waals surface area contributed by atoms with E-state index in [1.807, 2.05) is 0 Å². The average Bonchev–Trinajstić information content (AvgIpc) is 2.17. The zero-order valence-corrected chi connectivity index (χ0v) is 8.72. The Kier molecular flexibility index (Phi) is 2.26. The molecule has 3 nitrogen and oxygen atoms in total. The molecule has 0 saturated carbocycles. The molecule has 1 amide bonds. The fraction of sp³-hybridized carbons (Fsp3) is 0.900. The van der Waals surface area contributed by atoms with E-state index in [4.69, 9.17) is 0 Å². The maximum absolute atomic E-state index is 13.5. The van der Waals surface area contributed by atoms with E-state index in [-0.39, 0.29) is 11.9 Å². The van der Waals surface area contributed by atoms with Gasteiger partial charge in [-0.1, -0.05) is 0 Å². The molecule has 80 valence electrons. The van der Waals surface area contributed by atoms with Gasteiger partial charge in [0, 0.05) is 25.2 Å². The summed E-state index contributed by atoms with van der Waals surface area (Å²) in [6.45, 7) is 4.18. The highest BCUT2D eigenvalue weighted by molar-refractivity contribution is 5.84. The lowest BCUT2D eigenvalue weighted by atomic mass is 9.91. The Balaban J connectivity index is 2.09. The van der Waals surface area contributed by atoms with Crippen molar-refractivity contribution in [2.45, 2.75) is 44.4 Å². The maximum atomic E-state index is 13.5. The predicted molar refractivity (Wildman–Crippen MR) is 51.7 cm³/mol. The molecule has 3 aliphatic rings. The molecule has 14 heavy (non-hydrogen) atoms. The second kappa shape index (κ2) is 3.19. The van der Waals surface area contributed by atoms with E-state index in [9.17, 15) is 9.18 Å². The first kappa shape index (κ1) is 9.90. The number of carbonyl (C=O) groups excluding carboxylic acids is 1. The zero-order chi connectivity index (χ0) is 10.3. The van der Waals surface area contributed by atoms with Gasteiger partial charge in [0.25, 0.3) is 5.91 Å². The van der Waals surface area contributed by atoms with Crippen LogP contribution in [0.2, 0.25) is 0 Å². The average molecular weight is 200 g/mol. The summed E-state index contributed by atoms with van der Waals surface area (Å²) in [5.41, 5.74) is -1.72. The van der Waals surface area contributed by atoms with Crippen LogP contribution in [0.1, 0.15) is 26.7 Å². The summed E-state index contributed by atoms with van der Waals surface area (Å²) in [5.74, 6) is -0.353. The van der Waals surface area contributed by atoms with Gasteiger partial charge in [-0.25, -0.2) is 4.39 Å². The van der Waals surface area contributed by atoms with Crippen molar-refractivity contribution < 1.29 is 9.18 Å². The number of halogens is 1. The predicted octanol–water partition coefficient (Wildman–Crippen LogP) is 0.697. The number of piperazine rings is 1. The SMILES string of the molecule is CC(C)(F)C(=O)N1CC2CCC1CN2. The molecule has 0 aliphatic carbocycles. The molecule has 3 saturated heterocycles. The second-order valence-electron chi connectivity index (χ2n) is 4.77. The van der Waals surface area contributed by atoms with Gasteiger partial charge < -0.3 is 10.2 Å². The number of carbonyl (C=O) groups is 1.